The Hall–Kier alpha value is -1.23. The predicted molar refractivity (Wildman–Crippen MR) is 57.3 cm³/mol. The van der Waals surface area contributed by atoms with Gasteiger partial charge in [0.05, 0.1) is 6.33 Å². The van der Waals surface area contributed by atoms with Crippen molar-refractivity contribution >= 4 is 24.1 Å². The van der Waals surface area contributed by atoms with Crippen LogP contribution in [0.4, 0.5) is 5.82 Å². The third kappa shape index (κ3) is 2.63. The van der Waals surface area contributed by atoms with Crippen LogP contribution < -0.4 is 11.5 Å². The number of aromatic nitrogens is 2. The van der Waals surface area contributed by atoms with Gasteiger partial charge in [0.25, 0.3) is 5.91 Å². The molecule has 4 N–H and O–H groups in total. The van der Waals surface area contributed by atoms with Crippen molar-refractivity contribution < 1.29 is 4.79 Å². The minimum atomic E-state index is -0.522. The van der Waals surface area contributed by atoms with Crippen molar-refractivity contribution in [3.05, 3.63) is 12.0 Å². The van der Waals surface area contributed by atoms with Gasteiger partial charge < -0.3 is 16.0 Å². The van der Waals surface area contributed by atoms with Crippen molar-refractivity contribution in [3.8, 4) is 0 Å². The molecule has 0 atom stereocenters. The van der Waals surface area contributed by atoms with Crippen molar-refractivity contribution in [3.63, 3.8) is 0 Å². The van der Waals surface area contributed by atoms with Gasteiger partial charge in [-0.1, -0.05) is 13.3 Å². The Morgan fingerprint density at radius 1 is 1.64 bits per heavy atom. The monoisotopic (exact) mass is 218 g/mol. The largest absolute Gasteiger partial charge is 0.382 e. The molecule has 1 amide bonds. The van der Waals surface area contributed by atoms with Crippen LogP contribution in [0.1, 0.15) is 30.3 Å². The molecule has 0 aliphatic heterocycles. The van der Waals surface area contributed by atoms with Crippen LogP contribution in [0.2, 0.25) is 0 Å². The van der Waals surface area contributed by atoms with Gasteiger partial charge in [0, 0.05) is 6.54 Å². The number of imidazole rings is 1. The Morgan fingerprint density at radius 2 is 2.29 bits per heavy atom. The first-order valence-electron chi connectivity index (χ1n) is 4.27. The number of aryl methyl sites for hydroxylation is 1. The number of primary amides is 1. The SMILES string of the molecule is CCCCn1cnc(N)c1C(N)=O.Cl. The zero-order chi connectivity index (χ0) is 9.84. The van der Waals surface area contributed by atoms with E-state index in [1.165, 1.54) is 0 Å². The summed E-state index contributed by atoms with van der Waals surface area (Å²) >= 11 is 0. The number of nitrogens with zero attached hydrogens (tertiary/aromatic N) is 2. The number of rotatable bonds is 4. The molecule has 1 aromatic rings. The van der Waals surface area contributed by atoms with Gasteiger partial charge in [-0.2, -0.15) is 0 Å². The van der Waals surface area contributed by atoms with E-state index < -0.39 is 5.91 Å². The molecule has 1 heterocycles. The van der Waals surface area contributed by atoms with Gasteiger partial charge in [-0.3, -0.25) is 4.79 Å². The highest BCUT2D eigenvalue weighted by Crippen LogP contribution is 2.09. The molecular formula is C8H15ClN4O. The number of hydrogen-bond donors (Lipinski definition) is 2. The van der Waals surface area contributed by atoms with E-state index in [4.69, 9.17) is 11.5 Å². The van der Waals surface area contributed by atoms with Crippen LogP contribution in [0, 0.1) is 0 Å². The summed E-state index contributed by atoms with van der Waals surface area (Å²) in [7, 11) is 0. The summed E-state index contributed by atoms with van der Waals surface area (Å²) in [6.07, 6.45) is 3.58. The lowest BCUT2D eigenvalue weighted by molar-refractivity contribution is 0.0992. The molecule has 0 spiro atoms. The van der Waals surface area contributed by atoms with Crippen LogP contribution in [0.25, 0.3) is 0 Å². The lowest BCUT2D eigenvalue weighted by Gasteiger charge is -2.03. The number of amides is 1. The highest BCUT2D eigenvalue weighted by molar-refractivity contribution is 5.95. The highest BCUT2D eigenvalue weighted by atomic mass is 35.5. The smallest absolute Gasteiger partial charge is 0.269 e. The maximum atomic E-state index is 10.9. The first kappa shape index (κ1) is 12.8. The molecule has 6 heteroatoms. The second-order valence-electron chi connectivity index (χ2n) is 2.89. The number of hydrogen-bond acceptors (Lipinski definition) is 3. The van der Waals surface area contributed by atoms with Crippen LogP contribution in [0.15, 0.2) is 6.33 Å². The number of nitrogens with two attached hydrogens (primary N) is 2. The molecule has 0 radical (unpaired) electrons. The minimum absolute atomic E-state index is 0. The van der Waals surface area contributed by atoms with Crippen LogP contribution in [-0.2, 0) is 6.54 Å². The van der Waals surface area contributed by atoms with E-state index in [1.807, 2.05) is 0 Å². The van der Waals surface area contributed by atoms with Gasteiger partial charge in [-0.15, -0.1) is 12.4 Å². The van der Waals surface area contributed by atoms with Gasteiger partial charge >= 0.3 is 0 Å². The maximum absolute atomic E-state index is 10.9. The molecule has 0 aliphatic carbocycles. The van der Waals surface area contributed by atoms with Crippen molar-refractivity contribution in [2.75, 3.05) is 5.73 Å². The summed E-state index contributed by atoms with van der Waals surface area (Å²) in [5.74, 6) is -0.310. The average Bonchev–Trinajstić information content (AvgIpc) is 2.43. The molecule has 1 aromatic heterocycles. The van der Waals surface area contributed by atoms with Gasteiger partial charge in [0.1, 0.15) is 0 Å². The van der Waals surface area contributed by atoms with Crippen molar-refractivity contribution in [2.45, 2.75) is 26.3 Å². The van der Waals surface area contributed by atoms with Crippen LogP contribution in [0.3, 0.4) is 0 Å². The topological polar surface area (TPSA) is 86.9 Å². The normalized spacial score (nSPS) is 9.50. The summed E-state index contributed by atoms with van der Waals surface area (Å²) in [6.45, 7) is 2.81. The number of halogens is 1. The molecular weight excluding hydrogens is 204 g/mol. The molecule has 1 rings (SSSR count). The minimum Gasteiger partial charge on any atom is -0.382 e. The summed E-state index contributed by atoms with van der Waals surface area (Å²) in [4.78, 5) is 14.8. The van der Waals surface area contributed by atoms with Gasteiger partial charge in [0.2, 0.25) is 0 Å². The third-order valence-corrected chi connectivity index (χ3v) is 1.85. The summed E-state index contributed by atoms with van der Waals surface area (Å²) in [6, 6.07) is 0. The first-order chi connectivity index (χ1) is 6.16. The van der Waals surface area contributed by atoms with E-state index >= 15 is 0 Å². The molecule has 80 valence electrons. The van der Waals surface area contributed by atoms with E-state index in [-0.39, 0.29) is 18.2 Å². The van der Waals surface area contributed by atoms with Crippen LogP contribution in [-0.4, -0.2) is 15.5 Å². The molecule has 0 fully saturated rings. The number of unbranched alkanes of at least 4 members (excludes halogenated alkanes) is 1. The van der Waals surface area contributed by atoms with E-state index in [9.17, 15) is 4.79 Å². The predicted octanol–water partition coefficient (Wildman–Crippen LogP) is 0.786. The fraction of sp³-hybridized carbons (Fsp3) is 0.500. The second-order valence-corrected chi connectivity index (χ2v) is 2.89. The molecule has 0 aromatic carbocycles. The summed E-state index contributed by atoms with van der Waals surface area (Å²) < 4.78 is 1.70. The summed E-state index contributed by atoms with van der Waals surface area (Å²) in [5.41, 5.74) is 10.9. The molecule has 0 aliphatic rings. The third-order valence-electron chi connectivity index (χ3n) is 1.85. The number of carbonyl (C=O) groups excluding carboxylic acids is 1. The van der Waals surface area contributed by atoms with Gasteiger partial charge in [-0.05, 0) is 6.42 Å². The van der Waals surface area contributed by atoms with Crippen molar-refractivity contribution in [1.82, 2.24) is 9.55 Å². The van der Waals surface area contributed by atoms with E-state index in [1.54, 1.807) is 10.9 Å². The molecule has 0 unspecified atom stereocenters. The molecule has 0 saturated carbocycles. The number of anilines is 1. The fourth-order valence-electron chi connectivity index (χ4n) is 1.16. The van der Waals surface area contributed by atoms with E-state index in [0.29, 0.717) is 5.69 Å². The Balaban J connectivity index is 0.00000169. The summed E-state index contributed by atoms with van der Waals surface area (Å²) in [5, 5.41) is 0. The van der Waals surface area contributed by atoms with Crippen molar-refractivity contribution in [2.24, 2.45) is 5.73 Å². The molecule has 0 saturated heterocycles. The second kappa shape index (κ2) is 5.49. The standard InChI is InChI=1S/C8H14N4O.ClH/c1-2-3-4-12-5-11-7(9)6(12)8(10)13;/h5H,2-4,9H2,1H3,(H2,10,13);1H. The van der Waals surface area contributed by atoms with Gasteiger partial charge in [-0.25, -0.2) is 4.98 Å². The lowest BCUT2D eigenvalue weighted by Crippen LogP contribution is -2.18. The Morgan fingerprint density at radius 3 is 2.79 bits per heavy atom. The Labute approximate surface area is 88.9 Å². The average molecular weight is 219 g/mol. The Kier molecular flexibility index (Phi) is 5.01. The van der Waals surface area contributed by atoms with Crippen molar-refractivity contribution in [1.29, 1.82) is 0 Å². The van der Waals surface area contributed by atoms with Crippen LogP contribution >= 0.6 is 12.4 Å². The van der Waals surface area contributed by atoms with E-state index in [0.717, 1.165) is 19.4 Å². The molecule has 5 nitrogen and oxygen atoms in total. The first-order valence-corrected chi connectivity index (χ1v) is 4.27. The molecule has 14 heavy (non-hydrogen) atoms. The Bertz CT molecular complexity index is 310. The highest BCUT2D eigenvalue weighted by Gasteiger charge is 2.12. The maximum Gasteiger partial charge on any atom is 0.269 e. The number of carbonyl (C=O) groups is 1. The lowest BCUT2D eigenvalue weighted by atomic mass is 10.3. The zero-order valence-corrected chi connectivity index (χ0v) is 8.88. The number of nitrogen functional groups attached to an aromatic ring is 1. The zero-order valence-electron chi connectivity index (χ0n) is 8.06. The van der Waals surface area contributed by atoms with Gasteiger partial charge in [0.15, 0.2) is 11.5 Å². The fourth-order valence-corrected chi connectivity index (χ4v) is 1.16. The molecule has 0 bridgehead atoms. The van der Waals surface area contributed by atoms with E-state index in [2.05, 4.69) is 11.9 Å². The van der Waals surface area contributed by atoms with Crippen LogP contribution in [0.5, 0.6) is 0 Å². The quantitative estimate of drug-likeness (QED) is 0.783.